The van der Waals surface area contributed by atoms with E-state index in [0.29, 0.717) is 16.1 Å². The molecule has 21 heavy (non-hydrogen) atoms. The van der Waals surface area contributed by atoms with Crippen LogP contribution in [0.2, 0.25) is 0 Å². The number of amides is 1. The van der Waals surface area contributed by atoms with Crippen LogP contribution in [0, 0.1) is 13.8 Å². The second-order valence-corrected chi connectivity index (χ2v) is 5.98. The van der Waals surface area contributed by atoms with Gasteiger partial charge in [-0.25, -0.2) is 4.79 Å². The zero-order valence-electron chi connectivity index (χ0n) is 12.5. The van der Waals surface area contributed by atoms with Crippen LogP contribution >= 0.6 is 11.3 Å². The Hall–Kier alpha value is -2.14. The first-order valence-electron chi connectivity index (χ1n) is 6.48. The van der Waals surface area contributed by atoms with Crippen LogP contribution in [0.1, 0.15) is 30.5 Å². The zero-order chi connectivity index (χ0) is 15.6. The fraction of sp³-hybridized carbons (Fsp3) is 0.250. The minimum Gasteiger partial charge on any atom is -0.465 e. The molecule has 0 fully saturated rings. The molecule has 4 nitrogen and oxygen atoms in total. The van der Waals surface area contributed by atoms with E-state index in [1.165, 1.54) is 23.3 Å². The van der Waals surface area contributed by atoms with Crippen LogP contribution < -0.4 is 4.90 Å². The molecule has 2 aromatic rings. The molecular weight excluding hydrogens is 286 g/mol. The Kier molecular flexibility index (Phi) is 4.43. The molecule has 1 amide bonds. The third-order valence-electron chi connectivity index (χ3n) is 3.35. The summed E-state index contributed by atoms with van der Waals surface area (Å²) in [5.41, 5.74) is 2.01. The minimum absolute atomic E-state index is 0.132. The zero-order valence-corrected chi connectivity index (χ0v) is 13.3. The predicted octanol–water partition coefficient (Wildman–Crippen LogP) is 3.43. The Balaban J connectivity index is 2.38. The highest BCUT2D eigenvalue weighted by Gasteiger charge is 2.21. The summed E-state index contributed by atoms with van der Waals surface area (Å²) in [5.74, 6) is -0.587. The van der Waals surface area contributed by atoms with Gasteiger partial charge in [0.1, 0.15) is 0 Å². The molecule has 0 N–H and O–H groups in total. The number of ether oxygens (including phenoxy) is 1. The van der Waals surface area contributed by atoms with E-state index in [9.17, 15) is 9.59 Å². The number of aryl methyl sites for hydroxylation is 2. The lowest BCUT2D eigenvalue weighted by atomic mass is 10.1. The lowest BCUT2D eigenvalue weighted by Crippen LogP contribution is -2.27. The van der Waals surface area contributed by atoms with E-state index in [4.69, 9.17) is 4.74 Å². The van der Waals surface area contributed by atoms with Crippen molar-refractivity contribution in [1.82, 2.24) is 0 Å². The molecule has 0 radical (unpaired) electrons. The van der Waals surface area contributed by atoms with Crippen LogP contribution in [0.3, 0.4) is 0 Å². The average Bonchev–Trinajstić information content (AvgIpc) is 2.84. The van der Waals surface area contributed by atoms with E-state index in [1.807, 2.05) is 19.9 Å². The molecular formula is C16H17NO3S. The highest BCUT2D eigenvalue weighted by Crippen LogP contribution is 2.26. The monoisotopic (exact) mass is 303 g/mol. The Morgan fingerprint density at radius 2 is 1.86 bits per heavy atom. The van der Waals surface area contributed by atoms with Gasteiger partial charge in [-0.3, -0.25) is 4.79 Å². The fourth-order valence-electron chi connectivity index (χ4n) is 2.00. The van der Waals surface area contributed by atoms with E-state index < -0.39 is 5.97 Å². The fourth-order valence-corrected chi connectivity index (χ4v) is 3.01. The molecule has 0 atom stereocenters. The molecule has 0 aliphatic carbocycles. The Bertz CT molecular complexity index is 671. The summed E-state index contributed by atoms with van der Waals surface area (Å²) in [6.45, 7) is 3.96. The van der Waals surface area contributed by atoms with Gasteiger partial charge in [-0.05, 0) is 37.6 Å². The number of para-hydroxylation sites is 1. The normalized spacial score (nSPS) is 10.3. The first kappa shape index (κ1) is 15.3. The van der Waals surface area contributed by atoms with Crippen molar-refractivity contribution in [3.8, 4) is 0 Å². The van der Waals surface area contributed by atoms with Crippen molar-refractivity contribution in [3.63, 3.8) is 0 Å². The van der Waals surface area contributed by atoms with Crippen LogP contribution in [-0.2, 0) is 4.74 Å². The van der Waals surface area contributed by atoms with Crippen LogP contribution in [0.5, 0.6) is 0 Å². The third-order valence-corrected chi connectivity index (χ3v) is 4.49. The molecule has 110 valence electrons. The van der Waals surface area contributed by atoms with Gasteiger partial charge >= 0.3 is 5.97 Å². The van der Waals surface area contributed by atoms with Crippen molar-refractivity contribution in [2.45, 2.75) is 13.8 Å². The lowest BCUT2D eigenvalue weighted by molar-refractivity contribution is 0.0601. The number of nitrogens with zero attached hydrogens (tertiary/aromatic N) is 1. The van der Waals surface area contributed by atoms with Crippen LogP contribution in [0.4, 0.5) is 5.69 Å². The largest absolute Gasteiger partial charge is 0.465 e. The molecule has 1 heterocycles. The number of esters is 1. The van der Waals surface area contributed by atoms with E-state index in [-0.39, 0.29) is 5.91 Å². The van der Waals surface area contributed by atoms with Gasteiger partial charge < -0.3 is 9.64 Å². The van der Waals surface area contributed by atoms with Crippen molar-refractivity contribution in [1.29, 1.82) is 0 Å². The van der Waals surface area contributed by atoms with Gasteiger partial charge in [0.2, 0.25) is 0 Å². The maximum Gasteiger partial charge on any atom is 0.339 e. The quantitative estimate of drug-likeness (QED) is 0.816. The molecule has 0 aliphatic heterocycles. The third kappa shape index (κ3) is 2.97. The van der Waals surface area contributed by atoms with Crippen LogP contribution in [-0.4, -0.2) is 26.0 Å². The maximum absolute atomic E-state index is 12.6. The smallest absolute Gasteiger partial charge is 0.339 e. The predicted molar refractivity (Wildman–Crippen MR) is 84.3 cm³/mol. The minimum atomic E-state index is -0.455. The van der Waals surface area contributed by atoms with E-state index in [2.05, 4.69) is 0 Å². The SMILES string of the molecule is COC(=O)c1ccccc1N(C)C(=O)c1cc(C)c(C)s1. The van der Waals surface area contributed by atoms with E-state index >= 15 is 0 Å². The van der Waals surface area contributed by atoms with Crippen LogP contribution in [0.15, 0.2) is 30.3 Å². The number of rotatable bonds is 3. The maximum atomic E-state index is 12.6. The molecule has 0 bridgehead atoms. The van der Waals surface area contributed by atoms with E-state index in [0.717, 1.165) is 10.4 Å². The second kappa shape index (κ2) is 6.10. The van der Waals surface area contributed by atoms with Crippen molar-refractivity contribution in [2.24, 2.45) is 0 Å². The number of benzene rings is 1. The molecule has 0 unspecified atom stereocenters. The molecule has 1 aromatic carbocycles. The van der Waals surface area contributed by atoms with Gasteiger partial charge in [-0.2, -0.15) is 0 Å². The Labute approximate surface area is 128 Å². The summed E-state index contributed by atoms with van der Waals surface area (Å²) in [7, 11) is 2.99. The highest BCUT2D eigenvalue weighted by atomic mass is 32.1. The van der Waals surface area contributed by atoms with Crippen LogP contribution in [0.25, 0.3) is 0 Å². The van der Waals surface area contributed by atoms with Gasteiger partial charge in [0.05, 0.1) is 23.2 Å². The van der Waals surface area contributed by atoms with E-state index in [1.54, 1.807) is 31.3 Å². The number of thiophene rings is 1. The van der Waals surface area contributed by atoms with Crippen molar-refractivity contribution < 1.29 is 14.3 Å². The summed E-state index contributed by atoms with van der Waals surface area (Å²) in [4.78, 5) is 27.6. The Morgan fingerprint density at radius 3 is 2.43 bits per heavy atom. The summed E-state index contributed by atoms with van der Waals surface area (Å²) in [5, 5.41) is 0. The molecule has 2 rings (SSSR count). The van der Waals surface area contributed by atoms with Gasteiger partial charge in [0.25, 0.3) is 5.91 Å². The first-order chi connectivity index (χ1) is 9.95. The topological polar surface area (TPSA) is 46.6 Å². The van der Waals surface area contributed by atoms with Crippen molar-refractivity contribution >= 4 is 28.9 Å². The number of carbonyl (C=O) groups excluding carboxylic acids is 2. The highest BCUT2D eigenvalue weighted by molar-refractivity contribution is 7.14. The summed E-state index contributed by atoms with van der Waals surface area (Å²) < 4.78 is 4.76. The number of hydrogen-bond acceptors (Lipinski definition) is 4. The van der Waals surface area contributed by atoms with Crippen molar-refractivity contribution in [2.75, 3.05) is 19.1 Å². The number of hydrogen-bond donors (Lipinski definition) is 0. The number of anilines is 1. The van der Waals surface area contributed by atoms with Gasteiger partial charge in [-0.15, -0.1) is 11.3 Å². The number of methoxy groups -OCH3 is 1. The second-order valence-electron chi connectivity index (χ2n) is 4.72. The molecule has 5 heteroatoms. The molecule has 1 aromatic heterocycles. The van der Waals surface area contributed by atoms with Gasteiger partial charge in [0.15, 0.2) is 0 Å². The first-order valence-corrected chi connectivity index (χ1v) is 7.29. The average molecular weight is 303 g/mol. The van der Waals surface area contributed by atoms with Gasteiger partial charge in [0, 0.05) is 11.9 Å². The standard InChI is InChI=1S/C16H17NO3S/c1-10-9-14(21-11(10)2)15(18)17(3)13-8-6-5-7-12(13)16(19)20-4/h5-9H,1-4H3. The lowest BCUT2D eigenvalue weighted by Gasteiger charge is -2.19. The molecule has 0 saturated carbocycles. The van der Waals surface area contributed by atoms with Gasteiger partial charge in [-0.1, -0.05) is 12.1 Å². The summed E-state index contributed by atoms with van der Waals surface area (Å²) in [6, 6.07) is 8.79. The molecule has 0 spiro atoms. The molecule has 0 saturated heterocycles. The molecule has 0 aliphatic rings. The number of carbonyl (C=O) groups is 2. The summed E-state index contributed by atoms with van der Waals surface area (Å²) in [6.07, 6.45) is 0. The Morgan fingerprint density at radius 1 is 1.19 bits per heavy atom. The summed E-state index contributed by atoms with van der Waals surface area (Å²) >= 11 is 1.46. The van der Waals surface area contributed by atoms with Crippen molar-refractivity contribution in [3.05, 3.63) is 51.2 Å².